The minimum atomic E-state index is -1.08. The lowest BCUT2D eigenvalue weighted by Gasteiger charge is -2.43. The highest BCUT2D eigenvalue weighted by molar-refractivity contribution is 6.43. The first-order valence-electron chi connectivity index (χ1n) is 16.9. The Bertz CT molecular complexity index is 1910. The van der Waals surface area contributed by atoms with Crippen molar-refractivity contribution < 1.29 is 28.8 Å². The number of hydrogen-bond donors (Lipinski definition) is 3. The summed E-state index contributed by atoms with van der Waals surface area (Å²) in [5, 5.41) is 24.1. The molecule has 4 aromatic rings. The number of benzene rings is 4. The third-order valence-corrected chi connectivity index (χ3v) is 10.1. The molecule has 9 heteroatoms. The molecule has 248 valence electrons. The Morgan fingerprint density at radius 2 is 1.63 bits per heavy atom. The van der Waals surface area contributed by atoms with Crippen LogP contribution >= 0.6 is 0 Å². The van der Waals surface area contributed by atoms with E-state index in [0.29, 0.717) is 36.9 Å². The maximum absolute atomic E-state index is 14.2. The predicted octanol–water partition coefficient (Wildman–Crippen LogP) is 8.01. The minimum absolute atomic E-state index is 0.197. The fourth-order valence-corrected chi connectivity index (χ4v) is 7.79. The molecule has 2 amide bonds. The highest BCUT2D eigenvalue weighted by atomic mass is 19.1. The number of carbonyl (C=O) groups is 2. The van der Waals surface area contributed by atoms with Crippen LogP contribution in [0.3, 0.4) is 0 Å². The van der Waals surface area contributed by atoms with E-state index in [4.69, 9.17) is 4.65 Å². The molecule has 0 bridgehead atoms. The van der Waals surface area contributed by atoms with Gasteiger partial charge in [0.25, 0.3) is 0 Å². The maximum atomic E-state index is 14.2. The molecule has 4 aromatic carbocycles. The molecular weight excluding hydrogens is 618 g/mol. The Hall–Kier alpha value is -4.99. The zero-order valence-corrected chi connectivity index (χ0v) is 27.3. The second-order valence-electron chi connectivity index (χ2n) is 13.0. The second-order valence-corrected chi connectivity index (χ2v) is 13.0. The van der Waals surface area contributed by atoms with Gasteiger partial charge in [0.05, 0.1) is 23.6 Å². The SMILES string of the molecule is CCC1=C2[C@@H](CC/C(=C/c3ccc(O)c(F)c3)c3ccccc3)OB(O)C[C@@H]2[C@@H]2C(=O)N(c3ccc(Nc4ccccc4)cc3)C(=O)[C@@H]2C1. The van der Waals surface area contributed by atoms with Crippen LogP contribution in [0.4, 0.5) is 21.5 Å². The van der Waals surface area contributed by atoms with Crippen LogP contribution < -0.4 is 10.2 Å². The lowest BCUT2D eigenvalue weighted by Crippen LogP contribution is -2.46. The van der Waals surface area contributed by atoms with Crippen molar-refractivity contribution in [3.63, 3.8) is 0 Å². The van der Waals surface area contributed by atoms with Gasteiger partial charge >= 0.3 is 7.12 Å². The quantitative estimate of drug-likeness (QED) is 0.0731. The molecule has 7 nitrogen and oxygen atoms in total. The molecule has 0 radical (unpaired) electrons. The molecule has 2 fully saturated rings. The number of phenols is 1. The zero-order chi connectivity index (χ0) is 34.1. The number of nitrogens with one attached hydrogen (secondary N) is 1. The molecule has 3 N–H and O–H groups in total. The summed E-state index contributed by atoms with van der Waals surface area (Å²) < 4.78 is 20.4. The van der Waals surface area contributed by atoms with Gasteiger partial charge in [0, 0.05) is 11.4 Å². The molecule has 0 aromatic heterocycles. The normalized spacial score (nSPS) is 22.3. The van der Waals surface area contributed by atoms with Crippen molar-refractivity contribution in [2.24, 2.45) is 17.8 Å². The number of anilines is 3. The van der Waals surface area contributed by atoms with E-state index in [-0.39, 0.29) is 24.1 Å². The highest BCUT2D eigenvalue weighted by Gasteiger charge is 2.57. The van der Waals surface area contributed by atoms with Gasteiger partial charge in [-0.3, -0.25) is 14.5 Å². The predicted molar refractivity (Wildman–Crippen MR) is 190 cm³/mol. The lowest BCUT2D eigenvalue weighted by atomic mass is 9.58. The van der Waals surface area contributed by atoms with Gasteiger partial charge in [-0.05, 0) is 109 Å². The van der Waals surface area contributed by atoms with E-state index >= 15 is 0 Å². The van der Waals surface area contributed by atoms with Crippen LogP contribution in [0.5, 0.6) is 5.75 Å². The number of rotatable bonds is 9. The van der Waals surface area contributed by atoms with E-state index in [1.54, 1.807) is 18.2 Å². The van der Waals surface area contributed by atoms with Crippen LogP contribution in [0.25, 0.3) is 11.6 Å². The third kappa shape index (κ3) is 6.56. The number of para-hydroxylation sites is 1. The largest absolute Gasteiger partial charge is 0.505 e. The van der Waals surface area contributed by atoms with E-state index < -0.39 is 36.6 Å². The summed E-state index contributed by atoms with van der Waals surface area (Å²) in [6.07, 6.45) is 3.95. The van der Waals surface area contributed by atoms with Crippen molar-refractivity contribution in [1.82, 2.24) is 0 Å². The molecule has 2 saturated heterocycles. The summed E-state index contributed by atoms with van der Waals surface area (Å²) >= 11 is 0. The zero-order valence-electron chi connectivity index (χ0n) is 27.3. The number of phenolic OH excluding ortho intramolecular Hbond substituents is 1. The van der Waals surface area contributed by atoms with Crippen molar-refractivity contribution in [2.75, 3.05) is 10.2 Å². The van der Waals surface area contributed by atoms with Crippen LogP contribution in [0.2, 0.25) is 6.32 Å². The fourth-order valence-electron chi connectivity index (χ4n) is 7.79. The van der Waals surface area contributed by atoms with Crippen LogP contribution in [0.15, 0.2) is 114 Å². The number of halogens is 1. The molecule has 3 aliphatic rings. The first-order chi connectivity index (χ1) is 23.8. The van der Waals surface area contributed by atoms with Crippen LogP contribution in [0, 0.1) is 23.6 Å². The van der Waals surface area contributed by atoms with Crippen molar-refractivity contribution in [1.29, 1.82) is 0 Å². The van der Waals surface area contributed by atoms with Crippen molar-refractivity contribution in [3.8, 4) is 5.75 Å². The Morgan fingerprint density at radius 3 is 2.33 bits per heavy atom. The number of allylic oxidation sites excluding steroid dienone is 2. The summed E-state index contributed by atoms with van der Waals surface area (Å²) in [4.78, 5) is 29.5. The molecule has 7 rings (SSSR count). The third-order valence-electron chi connectivity index (χ3n) is 10.1. The number of nitrogens with zero attached hydrogens (tertiary/aromatic N) is 1. The first kappa shape index (κ1) is 32.6. The van der Waals surface area contributed by atoms with Gasteiger partial charge in [-0.2, -0.15) is 0 Å². The van der Waals surface area contributed by atoms with Crippen LogP contribution in [-0.4, -0.2) is 35.2 Å². The summed E-state index contributed by atoms with van der Waals surface area (Å²) in [7, 11) is -1.08. The number of aromatic hydroxyl groups is 1. The second kappa shape index (κ2) is 13.9. The molecule has 0 unspecified atom stereocenters. The Kier molecular flexibility index (Phi) is 9.21. The lowest BCUT2D eigenvalue weighted by molar-refractivity contribution is -0.122. The topological polar surface area (TPSA) is 99.1 Å². The minimum Gasteiger partial charge on any atom is -0.505 e. The average Bonchev–Trinajstić information content (AvgIpc) is 3.37. The monoisotopic (exact) mass is 656 g/mol. The summed E-state index contributed by atoms with van der Waals surface area (Å²) in [5.74, 6) is -2.92. The highest BCUT2D eigenvalue weighted by Crippen LogP contribution is 2.52. The number of fused-ring (bicyclic) bond motifs is 3. The molecule has 4 atom stereocenters. The summed E-state index contributed by atoms with van der Waals surface area (Å²) in [6.45, 7) is 2.06. The van der Waals surface area contributed by atoms with Crippen LogP contribution in [0.1, 0.15) is 43.7 Å². The smallest absolute Gasteiger partial charge is 0.455 e. The molecule has 2 heterocycles. The fraction of sp³-hybridized carbons (Fsp3) is 0.250. The van der Waals surface area contributed by atoms with Crippen molar-refractivity contribution in [3.05, 3.63) is 131 Å². The van der Waals surface area contributed by atoms with Crippen LogP contribution in [-0.2, 0) is 14.2 Å². The van der Waals surface area contributed by atoms with Crippen molar-refractivity contribution in [2.45, 2.75) is 45.0 Å². The van der Waals surface area contributed by atoms with Gasteiger partial charge in [-0.15, -0.1) is 0 Å². The molecular formula is C40H38BFN2O5. The van der Waals surface area contributed by atoms with Gasteiger partial charge < -0.3 is 20.1 Å². The first-order valence-corrected chi connectivity index (χ1v) is 16.9. The van der Waals surface area contributed by atoms with Gasteiger partial charge in [-0.1, -0.05) is 73.2 Å². The standard InChI is InChI=1S/C40H38BFN2O5/c1-2-26-23-32-38(40(47)44(39(32)46)31-17-15-30(16-18-31)43-29-11-7-4-8-12-29)33-24-41(48)49-36(37(26)33)20-14-28(27-9-5-3-6-10-27)21-25-13-19-35(45)34(42)22-25/h3-13,15-19,21-22,32-33,36,38,43,45,48H,2,14,20,23-24H2,1H3/b28-21-/t32-,33+,36-,38-/m1/s1. The van der Waals surface area contributed by atoms with Gasteiger partial charge in [0.2, 0.25) is 11.8 Å². The van der Waals surface area contributed by atoms with Crippen molar-refractivity contribution >= 4 is 47.6 Å². The van der Waals surface area contributed by atoms with Gasteiger partial charge in [0.1, 0.15) is 0 Å². The summed E-state index contributed by atoms with van der Waals surface area (Å²) in [6, 6.07) is 31.2. The number of carbonyl (C=O) groups excluding carboxylic acids is 2. The Labute approximate surface area is 285 Å². The molecule has 2 aliphatic heterocycles. The van der Waals surface area contributed by atoms with Gasteiger partial charge in [-0.25, -0.2) is 4.39 Å². The van der Waals surface area contributed by atoms with Gasteiger partial charge in [0.15, 0.2) is 11.6 Å². The molecule has 0 spiro atoms. The van der Waals surface area contributed by atoms with E-state index in [0.717, 1.165) is 33.7 Å². The molecule has 1 aliphatic carbocycles. The van der Waals surface area contributed by atoms with E-state index in [9.17, 15) is 24.1 Å². The summed E-state index contributed by atoms with van der Waals surface area (Å²) in [5.41, 5.74) is 6.99. The number of amides is 2. The molecule has 0 saturated carbocycles. The Balaban J connectivity index is 1.14. The number of hydrogen-bond acceptors (Lipinski definition) is 6. The number of imide groups is 1. The maximum Gasteiger partial charge on any atom is 0.455 e. The average molecular weight is 657 g/mol. The van der Waals surface area contributed by atoms with E-state index in [1.807, 2.05) is 78.9 Å². The van der Waals surface area contributed by atoms with E-state index in [1.165, 1.54) is 17.0 Å². The Morgan fingerprint density at radius 1 is 0.939 bits per heavy atom. The molecule has 49 heavy (non-hydrogen) atoms. The van der Waals surface area contributed by atoms with E-state index in [2.05, 4.69) is 12.2 Å².